The van der Waals surface area contributed by atoms with E-state index in [4.69, 9.17) is 9.47 Å². The lowest BCUT2D eigenvalue weighted by atomic mass is 10.2. The minimum Gasteiger partial charge on any atom is -0.490 e. The van der Waals surface area contributed by atoms with Crippen LogP contribution in [-0.2, 0) is 6.54 Å². The molecular weight excluding hydrogens is 238 g/mol. The second-order valence-electron chi connectivity index (χ2n) is 4.93. The summed E-state index contributed by atoms with van der Waals surface area (Å²) in [5, 5.41) is 3.50. The summed E-state index contributed by atoms with van der Waals surface area (Å²) in [4.78, 5) is 0. The summed E-state index contributed by atoms with van der Waals surface area (Å²) in [5.74, 6) is 1.59. The fourth-order valence-electron chi connectivity index (χ4n) is 1.83. The molecule has 0 amide bonds. The summed E-state index contributed by atoms with van der Waals surface area (Å²) in [5.41, 5.74) is 1.23. The van der Waals surface area contributed by atoms with Crippen molar-refractivity contribution in [3.8, 4) is 11.5 Å². The molecule has 1 aromatic carbocycles. The van der Waals surface area contributed by atoms with Crippen LogP contribution in [0.15, 0.2) is 30.9 Å². The highest BCUT2D eigenvalue weighted by molar-refractivity contribution is 5.43. The third-order valence-electron chi connectivity index (χ3n) is 3.12. The Hall–Kier alpha value is -1.48. The zero-order valence-electron chi connectivity index (χ0n) is 11.8. The molecular formula is C16H23NO2. The third-order valence-corrected chi connectivity index (χ3v) is 3.12. The maximum Gasteiger partial charge on any atom is 0.162 e. The summed E-state index contributed by atoms with van der Waals surface area (Å²) in [6.45, 7) is 9.20. The van der Waals surface area contributed by atoms with Crippen molar-refractivity contribution in [2.75, 3.05) is 6.61 Å². The third kappa shape index (κ3) is 4.28. The summed E-state index contributed by atoms with van der Waals surface area (Å²) in [6.07, 6.45) is 4.36. The molecule has 0 saturated heterocycles. The van der Waals surface area contributed by atoms with Gasteiger partial charge in [-0.2, -0.15) is 0 Å². The van der Waals surface area contributed by atoms with Crippen LogP contribution in [0.3, 0.4) is 0 Å². The smallest absolute Gasteiger partial charge is 0.162 e. The van der Waals surface area contributed by atoms with E-state index in [0.717, 1.165) is 18.0 Å². The molecule has 0 radical (unpaired) electrons. The van der Waals surface area contributed by atoms with Crippen molar-refractivity contribution < 1.29 is 9.47 Å². The van der Waals surface area contributed by atoms with E-state index in [9.17, 15) is 0 Å². The Balaban J connectivity index is 2.06. The fraction of sp³-hybridized carbons (Fsp3) is 0.500. The Kier molecular flexibility index (Phi) is 4.86. The molecule has 1 aromatic rings. The number of hydrogen-bond donors (Lipinski definition) is 1. The lowest BCUT2D eigenvalue weighted by Gasteiger charge is -2.16. The minimum atomic E-state index is -0.0188. The average molecular weight is 261 g/mol. The SMILES string of the molecule is C=CC(C)Oc1ccc(CNC2CC2)cc1OCC. The summed E-state index contributed by atoms with van der Waals surface area (Å²) in [6, 6.07) is 6.84. The van der Waals surface area contributed by atoms with Crippen molar-refractivity contribution in [3.05, 3.63) is 36.4 Å². The first-order valence-corrected chi connectivity index (χ1v) is 7.01. The Bertz CT molecular complexity index is 427. The number of ether oxygens (including phenoxy) is 2. The van der Waals surface area contributed by atoms with Gasteiger partial charge >= 0.3 is 0 Å². The van der Waals surface area contributed by atoms with Crippen LogP contribution < -0.4 is 14.8 Å². The lowest BCUT2D eigenvalue weighted by Crippen LogP contribution is -2.15. The summed E-state index contributed by atoms with van der Waals surface area (Å²) >= 11 is 0. The highest BCUT2D eigenvalue weighted by Crippen LogP contribution is 2.30. The van der Waals surface area contributed by atoms with Crippen molar-refractivity contribution in [1.82, 2.24) is 5.32 Å². The van der Waals surface area contributed by atoms with E-state index < -0.39 is 0 Å². The molecule has 1 fully saturated rings. The first kappa shape index (κ1) is 13.9. The normalized spacial score (nSPS) is 15.9. The Morgan fingerprint density at radius 2 is 2.21 bits per heavy atom. The zero-order chi connectivity index (χ0) is 13.7. The molecule has 0 spiro atoms. The predicted molar refractivity (Wildman–Crippen MR) is 77.8 cm³/mol. The molecule has 0 heterocycles. The molecule has 0 aliphatic heterocycles. The topological polar surface area (TPSA) is 30.5 Å². The lowest BCUT2D eigenvalue weighted by molar-refractivity contribution is 0.245. The Morgan fingerprint density at radius 3 is 2.84 bits per heavy atom. The van der Waals surface area contributed by atoms with Gasteiger partial charge in [0.1, 0.15) is 6.10 Å². The molecule has 1 N–H and O–H groups in total. The van der Waals surface area contributed by atoms with Gasteiger partial charge in [-0.3, -0.25) is 0 Å². The van der Waals surface area contributed by atoms with Crippen LogP contribution in [0.2, 0.25) is 0 Å². The van der Waals surface area contributed by atoms with Crippen LogP contribution >= 0.6 is 0 Å². The van der Waals surface area contributed by atoms with Crippen LogP contribution in [-0.4, -0.2) is 18.8 Å². The van der Waals surface area contributed by atoms with Gasteiger partial charge in [0.25, 0.3) is 0 Å². The average Bonchev–Trinajstić information content (AvgIpc) is 3.23. The van der Waals surface area contributed by atoms with Gasteiger partial charge in [0.05, 0.1) is 6.61 Å². The van der Waals surface area contributed by atoms with E-state index in [1.165, 1.54) is 18.4 Å². The molecule has 0 bridgehead atoms. The van der Waals surface area contributed by atoms with Crippen LogP contribution in [0.4, 0.5) is 0 Å². The Morgan fingerprint density at radius 1 is 1.42 bits per heavy atom. The van der Waals surface area contributed by atoms with Crippen molar-refractivity contribution in [2.45, 2.75) is 45.4 Å². The molecule has 104 valence electrons. The van der Waals surface area contributed by atoms with Gasteiger partial charge in [0, 0.05) is 12.6 Å². The second kappa shape index (κ2) is 6.62. The first-order chi connectivity index (χ1) is 9.22. The molecule has 1 aliphatic carbocycles. The van der Waals surface area contributed by atoms with Gasteiger partial charge in [0.15, 0.2) is 11.5 Å². The maximum absolute atomic E-state index is 5.78. The summed E-state index contributed by atoms with van der Waals surface area (Å²) in [7, 11) is 0. The first-order valence-electron chi connectivity index (χ1n) is 7.01. The molecule has 19 heavy (non-hydrogen) atoms. The van der Waals surface area contributed by atoms with Crippen LogP contribution in [0, 0.1) is 0 Å². The molecule has 2 rings (SSSR count). The van der Waals surface area contributed by atoms with Gasteiger partial charge in [-0.25, -0.2) is 0 Å². The summed E-state index contributed by atoms with van der Waals surface area (Å²) < 4.78 is 11.4. The van der Waals surface area contributed by atoms with E-state index in [0.29, 0.717) is 12.6 Å². The van der Waals surface area contributed by atoms with Crippen LogP contribution in [0.1, 0.15) is 32.3 Å². The molecule has 1 unspecified atom stereocenters. The maximum atomic E-state index is 5.78. The van der Waals surface area contributed by atoms with E-state index in [1.807, 2.05) is 19.9 Å². The fourth-order valence-corrected chi connectivity index (χ4v) is 1.83. The zero-order valence-corrected chi connectivity index (χ0v) is 11.8. The van der Waals surface area contributed by atoms with Crippen molar-refractivity contribution in [1.29, 1.82) is 0 Å². The molecule has 1 saturated carbocycles. The van der Waals surface area contributed by atoms with E-state index >= 15 is 0 Å². The molecule has 0 aromatic heterocycles. The van der Waals surface area contributed by atoms with Crippen molar-refractivity contribution >= 4 is 0 Å². The molecule has 3 heteroatoms. The number of benzene rings is 1. The van der Waals surface area contributed by atoms with Crippen molar-refractivity contribution in [3.63, 3.8) is 0 Å². The van der Waals surface area contributed by atoms with Gasteiger partial charge in [-0.05, 0) is 44.4 Å². The molecule has 3 nitrogen and oxygen atoms in total. The van der Waals surface area contributed by atoms with E-state index in [2.05, 4.69) is 24.0 Å². The number of nitrogens with one attached hydrogen (secondary N) is 1. The minimum absolute atomic E-state index is 0.0188. The van der Waals surface area contributed by atoms with E-state index in [1.54, 1.807) is 6.08 Å². The second-order valence-corrected chi connectivity index (χ2v) is 4.93. The van der Waals surface area contributed by atoms with Gasteiger partial charge < -0.3 is 14.8 Å². The van der Waals surface area contributed by atoms with Gasteiger partial charge in [-0.1, -0.05) is 18.7 Å². The quantitative estimate of drug-likeness (QED) is 0.728. The standard InChI is InChI=1S/C16H23NO2/c1-4-12(3)19-15-9-6-13(10-16(15)18-5-2)11-17-14-7-8-14/h4,6,9-10,12,14,17H,1,5,7-8,11H2,2-3H3. The van der Waals surface area contributed by atoms with Crippen LogP contribution in [0.25, 0.3) is 0 Å². The molecule has 1 aliphatic rings. The number of hydrogen-bond acceptors (Lipinski definition) is 3. The largest absolute Gasteiger partial charge is 0.490 e. The van der Waals surface area contributed by atoms with Crippen molar-refractivity contribution in [2.24, 2.45) is 0 Å². The highest BCUT2D eigenvalue weighted by atomic mass is 16.5. The predicted octanol–water partition coefficient (Wildman–Crippen LogP) is 3.29. The van der Waals surface area contributed by atoms with Crippen LogP contribution in [0.5, 0.6) is 11.5 Å². The Labute approximate surface area is 115 Å². The molecule has 1 atom stereocenters. The monoisotopic (exact) mass is 261 g/mol. The van der Waals surface area contributed by atoms with E-state index in [-0.39, 0.29) is 6.10 Å². The number of rotatable bonds is 8. The van der Waals surface area contributed by atoms with Gasteiger partial charge in [-0.15, -0.1) is 0 Å². The van der Waals surface area contributed by atoms with Gasteiger partial charge in [0.2, 0.25) is 0 Å². The highest BCUT2D eigenvalue weighted by Gasteiger charge is 2.20.